The molecule has 1 aliphatic heterocycles. The zero-order valence-corrected chi connectivity index (χ0v) is 17.5. The second-order valence-corrected chi connectivity index (χ2v) is 6.92. The molecule has 2 aromatic rings. The van der Waals surface area contributed by atoms with Gasteiger partial charge in [-0.1, -0.05) is 12.1 Å². The Morgan fingerprint density at radius 1 is 1.19 bits per heavy atom. The van der Waals surface area contributed by atoms with Crippen molar-refractivity contribution in [3.05, 3.63) is 59.7 Å². The lowest BCUT2D eigenvalue weighted by atomic mass is 10.1. The number of ketones is 1. The fraction of sp³-hybridized carbons (Fsp3) is 0.217. The number of benzene rings is 2. The number of rotatable bonds is 8. The number of anilines is 1. The minimum Gasteiger partial charge on any atom is -0.497 e. The van der Waals surface area contributed by atoms with Crippen molar-refractivity contribution in [1.82, 2.24) is 5.32 Å². The topological polar surface area (TPSA) is 120 Å². The van der Waals surface area contributed by atoms with Crippen LogP contribution in [0.3, 0.4) is 0 Å². The summed E-state index contributed by atoms with van der Waals surface area (Å²) in [6.07, 6.45) is 2.88. The van der Waals surface area contributed by atoms with Crippen molar-refractivity contribution in [1.29, 1.82) is 0 Å². The van der Waals surface area contributed by atoms with Crippen LogP contribution in [0.5, 0.6) is 11.5 Å². The Balaban J connectivity index is 1.48. The number of amides is 2. The van der Waals surface area contributed by atoms with Gasteiger partial charge in [0.2, 0.25) is 5.91 Å². The van der Waals surface area contributed by atoms with Gasteiger partial charge in [-0.25, -0.2) is 4.79 Å². The number of nitrogens with one attached hydrogen (secondary N) is 2. The average molecular weight is 438 g/mol. The van der Waals surface area contributed by atoms with Crippen molar-refractivity contribution in [2.24, 2.45) is 0 Å². The molecule has 32 heavy (non-hydrogen) atoms. The maximum absolute atomic E-state index is 12.3. The van der Waals surface area contributed by atoms with E-state index in [4.69, 9.17) is 14.2 Å². The molecule has 0 saturated carbocycles. The number of hydrogen-bond donors (Lipinski definition) is 2. The van der Waals surface area contributed by atoms with Crippen LogP contribution in [-0.2, 0) is 19.1 Å². The summed E-state index contributed by atoms with van der Waals surface area (Å²) in [6, 6.07) is 10.7. The highest BCUT2D eigenvalue weighted by molar-refractivity contribution is 6.02. The van der Waals surface area contributed by atoms with Gasteiger partial charge >= 0.3 is 5.97 Å². The molecule has 1 heterocycles. The SMILES string of the molecule is COc1ccc(/C=C/C(=O)NC(C)C(=O)OCC(=O)c2ccc3c(c2)NC(=O)CO3)cc1. The Labute approximate surface area is 184 Å². The number of ether oxygens (including phenoxy) is 3. The van der Waals surface area contributed by atoms with Gasteiger partial charge in [-0.05, 0) is 48.9 Å². The molecule has 0 aromatic heterocycles. The van der Waals surface area contributed by atoms with Gasteiger partial charge in [-0.15, -0.1) is 0 Å². The molecule has 0 radical (unpaired) electrons. The van der Waals surface area contributed by atoms with E-state index in [1.165, 1.54) is 25.1 Å². The molecule has 2 aromatic carbocycles. The predicted octanol–water partition coefficient (Wildman–Crippen LogP) is 1.97. The zero-order chi connectivity index (χ0) is 23.1. The molecule has 3 rings (SSSR count). The van der Waals surface area contributed by atoms with Crippen molar-refractivity contribution >= 4 is 35.3 Å². The largest absolute Gasteiger partial charge is 0.497 e. The lowest BCUT2D eigenvalue weighted by Crippen LogP contribution is -2.39. The number of methoxy groups -OCH3 is 1. The monoisotopic (exact) mass is 438 g/mol. The summed E-state index contributed by atoms with van der Waals surface area (Å²) in [5.74, 6) is -0.859. The number of carbonyl (C=O) groups is 4. The van der Waals surface area contributed by atoms with Crippen LogP contribution in [0.4, 0.5) is 5.69 Å². The predicted molar refractivity (Wildman–Crippen MR) is 115 cm³/mol. The van der Waals surface area contributed by atoms with Crippen LogP contribution >= 0.6 is 0 Å². The Kier molecular flexibility index (Phi) is 7.22. The first kappa shape index (κ1) is 22.5. The third-order valence-corrected chi connectivity index (χ3v) is 4.54. The van der Waals surface area contributed by atoms with E-state index in [0.717, 1.165) is 5.56 Å². The second kappa shape index (κ2) is 10.3. The van der Waals surface area contributed by atoms with Crippen molar-refractivity contribution in [3.63, 3.8) is 0 Å². The molecular formula is C23H22N2O7. The summed E-state index contributed by atoms with van der Waals surface area (Å²) in [5.41, 5.74) is 1.41. The van der Waals surface area contributed by atoms with Crippen molar-refractivity contribution in [3.8, 4) is 11.5 Å². The van der Waals surface area contributed by atoms with Crippen LogP contribution in [0, 0.1) is 0 Å². The van der Waals surface area contributed by atoms with Crippen LogP contribution in [-0.4, -0.2) is 49.9 Å². The van der Waals surface area contributed by atoms with E-state index in [1.807, 2.05) is 0 Å². The quantitative estimate of drug-likeness (QED) is 0.367. The molecule has 1 atom stereocenters. The number of Topliss-reactive ketones (excluding diaryl/α,β-unsaturated/α-hetero) is 1. The van der Waals surface area contributed by atoms with E-state index < -0.39 is 30.3 Å². The summed E-state index contributed by atoms with van der Waals surface area (Å²) in [4.78, 5) is 47.9. The molecule has 0 spiro atoms. The Morgan fingerprint density at radius 3 is 2.66 bits per heavy atom. The molecule has 1 unspecified atom stereocenters. The Hall–Kier alpha value is -4.14. The molecule has 1 aliphatic rings. The maximum atomic E-state index is 12.3. The fourth-order valence-corrected chi connectivity index (χ4v) is 2.81. The Morgan fingerprint density at radius 2 is 1.94 bits per heavy atom. The van der Waals surface area contributed by atoms with Crippen LogP contribution in [0.15, 0.2) is 48.5 Å². The minimum atomic E-state index is -0.952. The molecule has 0 aliphatic carbocycles. The normalized spacial score (nSPS) is 13.4. The first-order valence-corrected chi connectivity index (χ1v) is 9.75. The Bertz CT molecular complexity index is 1060. The summed E-state index contributed by atoms with van der Waals surface area (Å²) < 4.78 is 15.3. The first-order valence-electron chi connectivity index (χ1n) is 9.75. The molecule has 2 N–H and O–H groups in total. The van der Waals surface area contributed by atoms with E-state index in [-0.39, 0.29) is 18.1 Å². The van der Waals surface area contributed by atoms with Gasteiger partial charge in [-0.2, -0.15) is 0 Å². The molecule has 9 nitrogen and oxygen atoms in total. The van der Waals surface area contributed by atoms with Gasteiger partial charge in [0.1, 0.15) is 17.5 Å². The third-order valence-electron chi connectivity index (χ3n) is 4.54. The van der Waals surface area contributed by atoms with Gasteiger partial charge in [0.15, 0.2) is 19.0 Å². The second-order valence-electron chi connectivity index (χ2n) is 6.92. The van der Waals surface area contributed by atoms with E-state index >= 15 is 0 Å². The van der Waals surface area contributed by atoms with Crippen LogP contribution in [0.1, 0.15) is 22.8 Å². The molecule has 166 valence electrons. The van der Waals surface area contributed by atoms with Crippen molar-refractivity contribution < 1.29 is 33.4 Å². The molecule has 0 saturated heterocycles. The number of esters is 1. The molecule has 0 bridgehead atoms. The van der Waals surface area contributed by atoms with E-state index in [2.05, 4.69) is 10.6 Å². The van der Waals surface area contributed by atoms with Gasteiger partial charge in [-0.3, -0.25) is 14.4 Å². The van der Waals surface area contributed by atoms with Crippen molar-refractivity contribution in [2.45, 2.75) is 13.0 Å². The third kappa shape index (κ3) is 5.94. The molecule has 9 heteroatoms. The van der Waals surface area contributed by atoms with Gasteiger partial charge in [0.05, 0.1) is 12.8 Å². The van der Waals surface area contributed by atoms with Crippen LogP contribution in [0.25, 0.3) is 6.08 Å². The highest BCUT2D eigenvalue weighted by atomic mass is 16.5. The summed E-state index contributed by atoms with van der Waals surface area (Å²) >= 11 is 0. The van der Waals surface area contributed by atoms with Gasteiger partial charge in [0, 0.05) is 11.6 Å². The maximum Gasteiger partial charge on any atom is 0.328 e. The van der Waals surface area contributed by atoms with E-state index in [0.29, 0.717) is 17.2 Å². The standard InChI is InChI=1S/C23H22N2O7/c1-14(24-21(27)10-5-15-3-7-17(30-2)8-4-15)23(29)32-12-19(26)16-6-9-20-18(11-16)25-22(28)13-31-20/h3-11,14H,12-13H2,1-2H3,(H,24,27)(H,25,28)/b10-5+. The number of fused-ring (bicyclic) bond motifs is 1. The van der Waals surface area contributed by atoms with E-state index in [1.54, 1.807) is 43.5 Å². The van der Waals surface area contributed by atoms with Crippen molar-refractivity contribution in [2.75, 3.05) is 25.6 Å². The van der Waals surface area contributed by atoms with Crippen LogP contribution in [0.2, 0.25) is 0 Å². The molecular weight excluding hydrogens is 416 g/mol. The fourth-order valence-electron chi connectivity index (χ4n) is 2.81. The minimum absolute atomic E-state index is 0.0865. The summed E-state index contributed by atoms with van der Waals surface area (Å²) in [7, 11) is 1.56. The van der Waals surface area contributed by atoms with Gasteiger partial charge < -0.3 is 24.8 Å². The highest BCUT2D eigenvalue weighted by Gasteiger charge is 2.20. The van der Waals surface area contributed by atoms with Gasteiger partial charge in [0.25, 0.3) is 5.91 Å². The average Bonchev–Trinajstić information content (AvgIpc) is 2.80. The summed E-state index contributed by atoms with van der Waals surface area (Å²) in [6.45, 7) is 0.864. The lowest BCUT2D eigenvalue weighted by Gasteiger charge is -2.18. The summed E-state index contributed by atoms with van der Waals surface area (Å²) in [5, 5.41) is 5.09. The number of hydrogen-bond acceptors (Lipinski definition) is 7. The molecule has 0 fully saturated rings. The lowest BCUT2D eigenvalue weighted by molar-refractivity contribution is -0.145. The number of carbonyl (C=O) groups excluding carboxylic acids is 4. The molecule has 2 amide bonds. The van der Waals surface area contributed by atoms with E-state index in [9.17, 15) is 19.2 Å². The smallest absolute Gasteiger partial charge is 0.328 e. The zero-order valence-electron chi connectivity index (χ0n) is 17.5. The highest BCUT2D eigenvalue weighted by Crippen LogP contribution is 2.28. The van der Waals surface area contributed by atoms with Crippen LogP contribution < -0.4 is 20.1 Å². The first-order chi connectivity index (χ1) is 15.4.